The number of hydrogen-bond donors (Lipinski definition) is 0. The maximum atomic E-state index is 5.33. The molecule has 2 aromatic carbocycles. The molecule has 0 aliphatic heterocycles. The molecule has 0 amide bonds. The molecule has 11 heteroatoms. The number of pyridine rings is 1. The third-order valence-electron chi connectivity index (χ3n) is 5.38. The topological polar surface area (TPSA) is 67.0 Å². The molecule has 3 aromatic heterocycles. The Hall–Kier alpha value is -1.65. The van der Waals surface area contributed by atoms with E-state index in [0.29, 0.717) is 0 Å². The number of fused-ring (bicyclic) bond motifs is 2. The van der Waals surface area contributed by atoms with Crippen molar-refractivity contribution in [2.24, 2.45) is 14.1 Å². The van der Waals surface area contributed by atoms with Crippen LogP contribution in [0.1, 0.15) is 0 Å². The van der Waals surface area contributed by atoms with Gasteiger partial charge in [0.1, 0.15) is 22.9 Å². The van der Waals surface area contributed by atoms with Crippen molar-refractivity contribution in [1.82, 2.24) is 24.1 Å². The maximum Gasteiger partial charge on any atom is 3.00 e. The van der Waals surface area contributed by atoms with Crippen LogP contribution in [0.25, 0.3) is 45.1 Å². The first kappa shape index (κ1) is 30.4. The van der Waals surface area contributed by atoms with Gasteiger partial charge in [0.05, 0.1) is 36.3 Å². The monoisotopic (exact) mass is 646 g/mol. The van der Waals surface area contributed by atoms with Crippen LogP contribution in [-0.2, 0) is 14.1 Å². The minimum atomic E-state index is 0. The van der Waals surface area contributed by atoms with Crippen molar-refractivity contribution in [3.63, 3.8) is 0 Å². The van der Waals surface area contributed by atoms with E-state index in [2.05, 4.69) is 0 Å². The minimum Gasteiger partial charge on any atom is -1.00 e. The average Bonchev–Trinajstić information content (AvgIpc) is 3.30. The minimum absolute atomic E-state index is 0. The van der Waals surface area contributed by atoms with Gasteiger partial charge in [0, 0.05) is 26.2 Å². The molecule has 0 bridgehead atoms. The molecule has 0 spiro atoms. The Morgan fingerprint density at radius 1 is 0.618 bits per heavy atom. The molecule has 0 atom stereocenters. The fourth-order valence-corrected chi connectivity index (χ4v) is 3.76. The van der Waals surface area contributed by atoms with Gasteiger partial charge in [-0.2, -0.15) is 0 Å². The molecule has 0 aliphatic carbocycles. The summed E-state index contributed by atoms with van der Waals surface area (Å²) in [5.74, 6) is 3.15. The van der Waals surface area contributed by atoms with E-state index in [-0.39, 0.29) is 78.1 Å². The molecule has 0 N–H and O–H groups in total. The number of hydrogen-bond acceptors (Lipinski definition) is 5. The zero-order valence-corrected chi connectivity index (χ0v) is 24.4. The van der Waals surface area contributed by atoms with Crippen molar-refractivity contribution in [1.29, 1.82) is 0 Å². The first-order chi connectivity index (χ1) is 14.6. The van der Waals surface area contributed by atoms with E-state index >= 15 is 0 Å². The normalized spacial score (nSPS) is 10.0. The van der Waals surface area contributed by atoms with Crippen molar-refractivity contribution in [3.8, 4) is 34.5 Å². The summed E-state index contributed by atoms with van der Waals surface area (Å²) >= 11 is 0. The summed E-state index contributed by atoms with van der Waals surface area (Å²) in [5, 5.41) is 0. The van der Waals surface area contributed by atoms with Crippen LogP contribution in [0.4, 0.5) is 0 Å². The molecular weight excluding hydrogens is 629 g/mol. The fourth-order valence-electron chi connectivity index (χ4n) is 3.76. The molecule has 175 valence electrons. The number of rotatable bonds is 4. The van der Waals surface area contributed by atoms with E-state index in [4.69, 9.17) is 24.4 Å². The Kier molecular flexibility index (Phi) is 11.0. The predicted molar refractivity (Wildman–Crippen MR) is 117 cm³/mol. The third kappa shape index (κ3) is 5.28. The first-order valence-electron chi connectivity index (χ1n) is 9.58. The Morgan fingerprint density at radius 2 is 1.03 bits per heavy atom. The standard InChI is InChI=1S/C23H21N5O2.3ClH.Nd/c1-27-20-10-8-14(29-3)12-18(20)25-22(27)16-6-5-7-17(24-16)23-26-19-13-15(30-4)9-11-21(19)28(23)2;;;;/h5-13H,1-4H3;3*1H;/q;;;;+3/p-3. The number of ether oxygens (including phenoxy) is 2. The second-order valence-corrected chi connectivity index (χ2v) is 7.11. The van der Waals surface area contributed by atoms with Gasteiger partial charge in [0.2, 0.25) is 0 Å². The Labute approximate surface area is 249 Å². The summed E-state index contributed by atoms with van der Waals surface area (Å²) < 4.78 is 14.7. The van der Waals surface area contributed by atoms with Crippen molar-refractivity contribution < 1.29 is 87.5 Å². The molecule has 3 heterocycles. The SMILES string of the molecule is COc1ccc2c(c1)nc(-c1cccc(-c3nc4cc(OC)ccc4n3C)n1)n2C.[Cl-].[Cl-].[Cl-].[Nd+3]. The summed E-state index contributed by atoms with van der Waals surface area (Å²) in [6.07, 6.45) is 0. The number of aromatic nitrogens is 5. The smallest absolute Gasteiger partial charge is 1.00 e. The largest absolute Gasteiger partial charge is 3.00 e. The van der Waals surface area contributed by atoms with Gasteiger partial charge in [-0.1, -0.05) is 6.07 Å². The number of halogens is 3. The van der Waals surface area contributed by atoms with Gasteiger partial charge in [0.25, 0.3) is 0 Å². The molecule has 0 unspecified atom stereocenters. The van der Waals surface area contributed by atoms with Crippen molar-refractivity contribution >= 4 is 22.1 Å². The van der Waals surface area contributed by atoms with Crippen molar-refractivity contribution in [2.75, 3.05) is 14.2 Å². The van der Waals surface area contributed by atoms with Gasteiger partial charge < -0.3 is 55.8 Å². The van der Waals surface area contributed by atoms with Crippen LogP contribution in [0.3, 0.4) is 0 Å². The molecule has 34 heavy (non-hydrogen) atoms. The number of methoxy groups -OCH3 is 2. The number of imidazole rings is 2. The molecule has 5 aromatic rings. The first-order valence-corrected chi connectivity index (χ1v) is 9.58. The van der Waals surface area contributed by atoms with Crippen LogP contribution < -0.4 is 46.7 Å². The van der Waals surface area contributed by atoms with Gasteiger partial charge in [-0.3, -0.25) is 0 Å². The fraction of sp³-hybridized carbons (Fsp3) is 0.174. The summed E-state index contributed by atoms with van der Waals surface area (Å²) in [6, 6.07) is 17.7. The molecular formula is C23H21Cl3N5NdO2. The molecule has 0 saturated carbocycles. The average molecular weight is 650 g/mol. The number of benzene rings is 2. The van der Waals surface area contributed by atoms with Gasteiger partial charge in [0.15, 0.2) is 11.6 Å². The van der Waals surface area contributed by atoms with Crippen LogP contribution >= 0.6 is 0 Å². The van der Waals surface area contributed by atoms with Gasteiger partial charge in [-0.25, -0.2) is 15.0 Å². The molecule has 5 rings (SSSR count). The second-order valence-electron chi connectivity index (χ2n) is 7.11. The Bertz CT molecular complexity index is 1320. The summed E-state index contributed by atoms with van der Waals surface area (Å²) in [6.45, 7) is 0. The van der Waals surface area contributed by atoms with Crippen LogP contribution in [0.2, 0.25) is 0 Å². The van der Waals surface area contributed by atoms with Crippen LogP contribution in [0, 0.1) is 40.8 Å². The second kappa shape index (κ2) is 12.4. The molecule has 0 aliphatic rings. The maximum absolute atomic E-state index is 5.33. The van der Waals surface area contributed by atoms with E-state index in [1.807, 2.05) is 77.8 Å². The zero-order valence-electron chi connectivity index (χ0n) is 18.9. The van der Waals surface area contributed by atoms with E-state index in [1.54, 1.807) is 14.2 Å². The molecule has 1 radical (unpaired) electrons. The summed E-state index contributed by atoms with van der Waals surface area (Å²) in [7, 11) is 7.30. The third-order valence-corrected chi connectivity index (χ3v) is 5.38. The molecule has 7 nitrogen and oxygen atoms in total. The zero-order chi connectivity index (χ0) is 20.8. The summed E-state index contributed by atoms with van der Waals surface area (Å²) in [4.78, 5) is 14.5. The Morgan fingerprint density at radius 3 is 1.41 bits per heavy atom. The van der Waals surface area contributed by atoms with Crippen LogP contribution in [-0.4, -0.2) is 38.3 Å². The predicted octanol–water partition coefficient (Wildman–Crippen LogP) is -4.78. The Balaban J connectivity index is 0.00000144. The van der Waals surface area contributed by atoms with Gasteiger partial charge in [-0.15, -0.1) is 0 Å². The van der Waals surface area contributed by atoms with Crippen LogP contribution in [0.15, 0.2) is 54.6 Å². The number of nitrogens with zero attached hydrogens (tertiary/aromatic N) is 5. The van der Waals surface area contributed by atoms with E-state index in [9.17, 15) is 0 Å². The molecule has 0 fully saturated rings. The quantitative estimate of drug-likeness (QED) is 0.196. The van der Waals surface area contributed by atoms with Crippen LogP contribution in [0.5, 0.6) is 11.5 Å². The number of aryl methyl sites for hydroxylation is 2. The van der Waals surface area contributed by atoms with Crippen molar-refractivity contribution in [2.45, 2.75) is 0 Å². The molecule has 0 saturated heterocycles. The van der Waals surface area contributed by atoms with E-state index in [0.717, 1.165) is 56.6 Å². The van der Waals surface area contributed by atoms with Gasteiger partial charge in [-0.05, 0) is 36.4 Å². The van der Waals surface area contributed by atoms with E-state index < -0.39 is 0 Å². The van der Waals surface area contributed by atoms with Gasteiger partial charge >= 0.3 is 40.8 Å². The summed E-state index contributed by atoms with van der Waals surface area (Å²) in [5.41, 5.74) is 5.35. The van der Waals surface area contributed by atoms with E-state index in [1.165, 1.54) is 0 Å². The van der Waals surface area contributed by atoms with Crippen molar-refractivity contribution in [3.05, 3.63) is 54.6 Å².